The van der Waals surface area contributed by atoms with E-state index in [1.807, 2.05) is 12.1 Å². The lowest BCUT2D eigenvalue weighted by Gasteiger charge is -2.07. The van der Waals surface area contributed by atoms with Crippen LogP contribution in [0.15, 0.2) is 18.3 Å². The maximum atomic E-state index is 7.41. The molecule has 0 bridgehead atoms. The van der Waals surface area contributed by atoms with Crippen LogP contribution in [0.2, 0.25) is 0 Å². The van der Waals surface area contributed by atoms with Gasteiger partial charge in [-0.05, 0) is 12.5 Å². The number of nitrogens with one attached hydrogen (secondary N) is 1. The molecule has 0 aliphatic carbocycles. The van der Waals surface area contributed by atoms with Gasteiger partial charge in [-0.15, -0.1) is 0 Å². The fraction of sp³-hybridized carbons (Fsp3) is 0.538. The highest BCUT2D eigenvalue weighted by Gasteiger charge is 2.05. The molecular formula is C13H21N3O. The van der Waals surface area contributed by atoms with Crippen molar-refractivity contribution in [3.63, 3.8) is 0 Å². The molecule has 0 saturated heterocycles. The van der Waals surface area contributed by atoms with Crippen LogP contribution in [0, 0.1) is 5.41 Å². The van der Waals surface area contributed by atoms with E-state index in [0.29, 0.717) is 12.3 Å². The van der Waals surface area contributed by atoms with Crippen LogP contribution in [0.5, 0.6) is 0 Å². The Balaban J connectivity index is 2.34. The van der Waals surface area contributed by atoms with Gasteiger partial charge in [0.25, 0.3) is 0 Å². The Morgan fingerprint density at radius 1 is 1.41 bits per heavy atom. The second kappa shape index (κ2) is 7.79. The van der Waals surface area contributed by atoms with E-state index in [-0.39, 0.29) is 5.84 Å². The standard InChI is InChI=1S/C13H21N3O/c1-2-3-4-5-9-17-10-11-7-6-8-16-12(11)13(14)15/h6-8H,2-5,9-10H2,1H3,(H3,14,15). The number of ether oxygens (including phenoxy) is 1. The van der Waals surface area contributed by atoms with Crippen LogP contribution < -0.4 is 5.73 Å². The van der Waals surface area contributed by atoms with Crippen LogP contribution in [0.3, 0.4) is 0 Å². The molecule has 17 heavy (non-hydrogen) atoms. The maximum Gasteiger partial charge on any atom is 0.142 e. The summed E-state index contributed by atoms with van der Waals surface area (Å²) in [6.45, 7) is 3.43. The van der Waals surface area contributed by atoms with Crippen LogP contribution in [0.1, 0.15) is 43.9 Å². The van der Waals surface area contributed by atoms with Crippen molar-refractivity contribution in [2.75, 3.05) is 6.61 Å². The molecule has 0 atom stereocenters. The van der Waals surface area contributed by atoms with E-state index in [1.165, 1.54) is 19.3 Å². The molecule has 3 N–H and O–H groups in total. The lowest BCUT2D eigenvalue weighted by atomic mass is 10.2. The number of hydrogen-bond donors (Lipinski definition) is 2. The number of nitrogens with zero attached hydrogens (tertiary/aromatic N) is 1. The third-order valence-electron chi connectivity index (χ3n) is 2.55. The van der Waals surface area contributed by atoms with Gasteiger partial charge in [-0.2, -0.15) is 0 Å². The average Bonchev–Trinajstić information content (AvgIpc) is 2.34. The fourth-order valence-corrected chi connectivity index (χ4v) is 1.61. The van der Waals surface area contributed by atoms with E-state index in [0.717, 1.165) is 18.6 Å². The van der Waals surface area contributed by atoms with E-state index < -0.39 is 0 Å². The third kappa shape index (κ3) is 4.95. The van der Waals surface area contributed by atoms with Gasteiger partial charge >= 0.3 is 0 Å². The molecule has 1 heterocycles. The molecule has 0 aliphatic heterocycles. The topological polar surface area (TPSA) is 72.0 Å². The summed E-state index contributed by atoms with van der Waals surface area (Å²) in [6, 6.07) is 3.73. The molecule has 0 radical (unpaired) electrons. The highest BCUT2D eigenvalue weighted by atomic mass is 16.5. The zero-order valence-corrected chi connectivity index (χ0v) is 10.4. The molecule has 94 valence electrons. The van der Waals surface area contributed by atoms with Gasteiger partial charge in [-0.1, -0.05) is 32.3 Å². The molecule has 0 amide bonds. The highest BCUT2D eigenvalue weighted by Crippen LogP contribution is 2.07. The summed E-state index contributed by atoms with van der Waals surface area (Å²) in [7, 11) is 0. The summed E-state index contributed by atoms with van der Waals surface area (Å²) in [5.41, 5.74) is 6.86. The van der Waals surface area contributed by atoms with Crippen molar-refractivity contribution in [1.82, 2.24) is 4.98 Å². The predicted octanol–water partition coefficient (Wildman–Crippen LogP) is 2.46. The number of nitrogens with two attached hydrogens (primary N) is 1. The number of aromatic nitrogens is 1. The van der Waals surface area contributed by atoms with Gasteiger partial charge in [0.1, 0.15) is 11.5 Å². The summed E-state index contributed by atoms with van der Waals surface area (Å²) >= 11 is 0. The lowest BCUT2D eigenvalue weighted by molar-refractivity contribution is 0.116. The van der Waals surface area contributed by atoms with Gasteiger partial charge in [-0.25, -0.2) is 0 Å². The van der Waals surface area contributed by atoms with Crippen LogP contribution in [0.25, 0.3) is 0 Å². The van der Waals surface area contributed by atoms with Crippen molar-refractivity contribution in [3.8, 4) is 0 Å². The Bertz CT molecular complexity index is 352. The zero-order valence-electron chi connectivity index (χ0n) is 10.4. The minimum atomic E-state index is -0.00446. The van der Waals surface area contributed by atoms with Gasteiger partial charge in [0.15, 0.2) is 0 Å². The van der Waals surface area contributed by atoms with Crippen LogP contribution >= 0.6 is 0 Å². The lowest BCUT2D eigenvalue weighted by Crippen LogP contribution is -2.16. The molecule has 0 saturated carbocycles. The summed E-state index contributed by atoms with van der Waals surface area (Å²) < 4.78 is 5.56. The Hall–Kier alpha value is -1.42. The molecule has 4 nitrogen and oxygen atoms in total. The number of rotatable bonds is 8. The van der Waals surface area contributed by atoms with Crippen LogP contribution in [-0.2, 0) is 11.3 Å². The second-order valence-electron chi connectivity index (χ2n) is 4.04. The largest absolute Gasteiger partial charge is 0.382 e. The summed E-state index contributed by atoms with van der Waals surface area (Å²) in [5, 5.41) is 7.41. The zero-order chi connectivity index (χ0) is 12.5. The van der Waals surface area contributed by atoms with Crippen LogP contribution in [-0.4, -0.2) is 17.4 Å². The molecule has 4 heteroatoms. The molecular weight excluding hydrogens is 214 g/mol. The fourth-order valence-electron chi connectivity index (χ4n) is 1.61. The van der Waals surface area contributed by atoms with Crippen LogP contribution in [0.4, 0.5) is 0 Å². The molecule has 1 aromatic heterocycles. The minimum absolute atomic E-state index is 0.00446. The van der Waals surface area contributed by atoms with Gasteiger partial charge < -0.3 is 10.5 Å². The first-order valence-electron chi connectivity index (χ1n) is 6.11. The Labute approximate surface area is 103 Å². The maximum absolute atomic E-state index is 7.41. The van der Waals surface area contributed by atoms with E-state index >= 15 is 0 Å². The quantitative estimate of drug-likeness (QED) is 0.413. The normalized spacial score (nSPS) is 10.4. The Kier molecular flexibility index (Phi) is 6.25. The number of amidine groups is 1. The summed E-state index contributed by atoms with van der Waals surface area (Å²) in [5.74, 6) is -0.00446. The molecule has 1 rings (SSSR count). The molecule has 0 aromatic carbocycles. The second-order valence-corrected chi connectivity index (χ2v) is 4.04. The van der Waals surface area contributed by atoms with E-state index in [4.69, 9.17) is 15.9 Å². The summed E-state index contributed by atoms with van der Waals surface area (Å²) in [6.07, 6.45) is 6.43. The van der Waals surface area contributed by atoms with Crippen molar-refractivity contribution in [3.05, 3.63) is 29.6 Å². The molecule has 0 fully saturated rings. The smallest absolute Gasteiger partial charge is 0.142 e. The Morgan fingerprint density at radius 3 is 2.94 bits per heavy atom. The first kappa shape index (κ1) is 13.6. The van der Waals surface area contributed by atoms with Crippen molar-refractivity contribution in [1.29, 1.82) is 5.41 Å². The number of hydrogen-bond acceptors (Lipinski definition) is 3. The van der Waals surface area contributed by atoms with Gasteiger partial charge in [0.05, 0.1) is 6.61 Å². The predicted molar refractivity (Wildman–Crippen MR) is 69.1 cm³/mol. The number of pyridine rings is 1. The molecule has 0 spiro atoms. The van der Waals surface area contributed by atoms with Crippen molar-refractivity contribution < 1.29 is 4.74 Å². The van der Waals surface area contributed by atoms with E-state index in [1.54, 1.807) is 6.20 Å². The van der Waals surface area contributed by atoms with Crippen molar-refractivity contribution in [2.24, 2.45) is 5.73 Å². The first-order chi connectivity index (χ1) is 8.25. The van der Waals surface area contributed by atoms with Crippen molar-refractivity contribution in [2.45, 2.75) is 39.2 Å². The third-order valence-corrected chi connectivity index (χ3v) is 2.55. The van der Waals surface area contributed by atoms with Gasteiger partial charge in [0.2, 0.25) is 0 Å². The SMILES string of the molecule is CCCCCCOCc1cccnc1C(=N)N. The van der Waals surface area contributed by atoms with E-state index in [2.05, 4.69) is 11.9 Å². The summed E-state index contributed by atoms with van der Waals surface area (Å²) in [4.78, 5) is 4.08. The Morgan fingerprint density at radius 2 is 2.24 bits per heavy atom. The number of unbranched alkanes of at least 4 members (excludes halogenated alkanes) is 3. The van der Waals surface area contributed by atoms with Gasteiger partial charge in [-0.3, -0.25) is 10.4 Å². The average molecular weight is 235 g/mol. The number of nitrogen functional groups attached to an aromatic ring is 1. The van der Waals surface area contributed by atoms with Gasteiger partial charge in [0, 0.05) is 18.4 Å². The molecule has 0 aliphatic rings. The first-order valence-corrected chi connectivity index (χ1v) is 6.11. The molecule has 0 unspecified atom stereocenters. The van der Waals surface area contributed by atoms with Crippen molar-refractivity contribution >= 4 is 5.84 Å². The molecule has 1 aromatic rings. The highest BCUT2D eigenvalue weighted by molar-refractivity contribution is 5.94. The monoisotopic (exact) mass is 235 g/mol. The van der Waals surface area contributed by atoms with E-state index in [9.17, 15) is 0 Å². The minimum Gasteiger partial charge on any atom is -0.382 e.